The van der Waals surface area contributed by atoms with Crippen molar-refractivity contribution in [1.82, 2.24) is 9.88 Å². The van der Waals surface area contributed by atoms with Gasteiger partial charge in [-0.1, -0.05) is 6.07 Å². The lowest BCUT2D eigenvalue weighted by atomic mass is 10.1. The van der Waals surface area contributed by atoms with Crippen molar-refractivity contribution >= 4 is 17.5 Å². The van der Waals surface area contributed by atoms with Crippen LogP contribution in [-0.2, 0) is 4.74 Å². The molecule has 1 aromatic heterocycles. The maximum absolute atomic E-state index is 12.7. The average Bonchev–Trinajstić information content (AvgIpc) is 3.03. The van der Waals surface area contributed by atoms with E-state index in [2.05, 4.69) is 10.3 Å². The summed E-state index contributed by atoms with van der Waals surface area (Å²) in [5.41, 5.74) is 2.22. The van der Waals surface area contributed by atoms with E-state index < -0.39 is 0 Å². The van der Waals surface area contributed by atoms with Crippen LogP contribution in [0.5, 0.6) is 0 Å². The fraction of sp³-hybridized carbons (Fsp3) is 0.353. The van der Waals surface area contributed by atoms with Gasteiger partial charge >= 0.3 is 0 Å². The number of ether oxygens (including phenoxy) is 1. The zero-order chi connectivity index (χ0) is 17.1. The van der Waals surface area contributed by atoms with E-state index in [1.54, 1.807) is 24.0 Å². The molecule has 1 fully saturated rings. The Morgan fingerprint density at radius 3 is 2.62 bits per heavy atom. The molecule has 24 heavy (non-hydrogen) atoms. The van der Waals surface area contributed by atoms with Gasteiger partial charge in [-0.05, 0) is 31.5 Å². The second-order valence-electron chi connectivity index (χ2n) is 5.65. The summed E-state index contributed by atoms with van der Waals surface area (Å²) in [6.45, 7) is 5.80. The van der Waals surface area contributed by atoms with Crippen LogP contribution >= 0.6 is 0 Å². The summed E-state index contributed by atoms with van der Waals surface area (Å²) >= 11 is 0. The minimum absolute atomic E-state index is 0.0514. The normalized spacial score (nSPS) is 14.5. The van der Waals surface area contributed by atoms with Gasteiger partial charge in [-0.2, -0.15) is 0 Å². The maximum atomic E-state index is 12.7. The summed E-state index contributed by atoms with van der Waals surface area (Å²) in [5.74, 6) is 0.0311. The lowest BCUT2D eigenvalue weighted by Gasteiger charge is -2.27. The number of rotatable bonds is 3. The number of aromatic nitrogens is 1. The molecule has 0 bridgehead atoms. The number of carbonyl (C=O) groups excluding carboxylic acids is 2. The standard InChI is InChI=1S/C17H19N3O4/c1-11-3-4-13(19-16(21)15-12(2)24-10-18-15)9-14(11)17(22)20-5-7-23-8-6-20/h3-4,9-10H,5-8H2,1-2H3,(H,19,21). The van der Waals surface area contributed by atoms with Crippen LogP contribution in [0.3, 0.4) is 0 Å². The number of nitrogens with one attached hydrogen (secondary N) is 1. The first-order chi connectivity index (χ1) is 11.6. The Labute approximate surface area is 139 Å². The third-order valence-corrected chi connectivity index (χ3v) is 3.98. The summed E-state index contributed by atoms with van der Waals surface area (Å²) in [7, 11) is 0. The summed E-state index contributed by atoms with van der Waals surface area (Å²) in [6.07, 6.45) is 1.23. The predicted octanol–water partition coefficient (Wildman–Crippen LogP) is 2.02. The van der Waals surface area contributed by atoms with Crippen LogP contribution in [0.25, 0.3) is 0 Å². The van der Waals surface area contributed by atoms with Crippen molar-refractivity contribution in [2.75, 3.05) is 31.6 Å². The van der Waals surface area contributed by atoms with Gasteiger partial charge < -0.3 is 19.4 Å². The lowest BCUT2D eigenvalue weighted by molar-refractivity contribution is 0.0302. The van der Waals surface area contributed by atoms with E-state index in [9.17, 15) is 9.59 Å². The molecule has 0 spiro atoms. The molecule has 1 aliphatic heterocycles. The highest BCUT2D eigenvalue weighted by Crippen LogP contribution is 2.19. The van der Waals surface area contributed by atoms with E-state index in [1.807, 2.05) is 13.0 Å². The van der Waals surface area contributed by atoms with Gasteiger partial charge in [0.1, 0.15) is 5.76 Å². The maximum Gasteiger partial charge on any atom is 0.277 e. The number of aryl methyl sites for hydroxylation is 2. The van der Waals surface area contributed by atoms with Crippen LogP contribution in [0.15, 0.2) is 29.0 Å². The third-order valence-electron chi connectivity index (χ3n) is 3.98. The average molecular weight is 329 g/mol. The van der Waals surface area contributed by atoms with Gasteiger partial charge in [0.25, 0.3) is 11.8 Å². The highest BCUT2D eigenvalue weighted by Gasteiger charge is 2.21. The predicted molar refractivity (Wildman–Crippen MR) is 87.1 cm³/mol. The molecule has 0 saturated carbocycles. The number of carbonyl (C=O) groups is 2. The van der Waals surface area contributed by atoms with Crippen LogP contribution in [0.4, 0.5) is 5.69 Å². The molecule has 1 saturated heterocycles. The van der Waals surface area contributed by atoms with Gasteiger partial charge in [0.2, 0.25) is 0 Å². The molecule has 2 heterocycles. The van der Waals surface area contributed by atoms with Crippen molar-refractivity contribution in [3.05, 3.63) is 47.2 Å². The molecule has 1 N–H and O–H groups in total. The van der Waals surface area contributed by atoms with E-state index in [0.717, 1.165) is 5.56 Å². The zero-order valence-corrected chi connectivity index (χ0v) is 13.7. The third kappa shape index (κ3) is 3.30. The molecule has 3 rings (SSSR count). The lowest BCUT2D eigenvalue weighted by Crippen LogP contribution is -2.41. The summed E-state index contributed by atoms with van der Waals surface area (Å²) in [4.78, 5) is 30.5. The Kier molecular flexibility index (Phi) is 4.61. The van der Waals surface area contributed by atoms with Crippen LogP contribution < -0.4 is 5.32 Å². The first-order valence-electron chi connectivity index (χ1n) is 7.75. The highest BCUT2D eigenvalue weighted by molar-refractivity contribution is 6.04. The van der Waals surface area contributed by atoms with Crippen LogP contribution in [0.1, 0.15) is 32.2 Å². The van der Waals surface area contributed by atoms with Crippen molar-refractivity contribution in [2.24, 2.45) is 0 Å². The van der Waals surface area contributed by atoms with Crippen molar-refractivity contribution in [1.29, 1.82) is 0 Å². The molecule has 7 nitrogen and oxygen atoms in total. The Balaban J connectivity index is 1.79. The highest BCUT2D eigenvalue weighted by atomic mass is 16.5. The Hall–Kier alpha value is -2.67. The van der Waals surface area contributed by atoms with Gasteiger partial charge in [-0.3, -0.25) is 9.59 Å². The molecule has 0 unspecified atom stereocenters. The fourth-order valence-corrected chi connectivity index (χ4v) is 2.58. The van der Waals surface area contributed by atoms with Crippen molar-refractivity contribution in [2.45, 2.75) is 13.8 Å². The summed E-state index contributed by atoms with van der Waals surface area (Å²) in [5, 5.41) is 2.75. The van der Waals surface area contributed by atoms with E-state index in [1.165, 1.54) is 6.39 Å². The molecule has 126 valence electrons. The quantitative estimate of drug-likeness (QED) is 0.931. The van der Waals surface area contributed by atoms with Crippen molar-refractivity contribution in [3.63, 3.8) is 0 Å². The number of anilines is 1. The SMILES string of the molecule is Cc1ccc(NC(=O)c2ncoc2C)cc1C(=O)N1CCOCC1. The van der Waals surface area contributed by atoms with E-state index in [0.29, 0.717) is 43.3 Å². The second-order valence-corrected chi connectivity index (χ2v) is 5.65. The van der Waals surface area contributed by atoms with Crippen LogP contribution in [0.2, 0.25) is 0 Å². The van der Waals surface area contributed by atoms with Gasteiger partial charge in [-0.25, -0.2) is 4.98 Å². The number of amides is 2. The summed E-state index contributed by atoms with van der Waals surface area (Å²) < 4.78 is 10.3. The Morgan fingerprint density at radius 2 is 1.96 bits per heavy atom. The second kappa shape index (κ2) is 6.84. The minimum atomic E-state index is -0.366. The first-order valence-corrected chi connectivity index (χ1v) is 7.75. The molecular formula is C17H19N3O4. The van der Waals surface area contributed by atoms with E-state index in [-0.39, 0.29) is 17.5 Å². The topological polar surface area (TPSA) is 84.7 Å². The molecule has 7 heteroatoms. The fourth-order valence-electron chi connectivity index (χ4n) is 2.58. The van der Waals surface area contributed by atoms with Crippen LogP contribution in [-0.4, -0.2) is 48.0 Å². The smallest absolute Gasteiger partial charge is 0.277 e. The molecule has 0 atom stereocenters. The van der Waals surface area contributed by atoms with E-state index in [4.69, 9.17) is 9.15 Å². The van der Waals surface area contributed by atoms with Gasteiger partial charge in [0.05, 0.1) is 13.2 Å². The minimum Gasteiger partial charge on any atom is -0.448 e. The largest absolute Gasteiger partial charge is 0.448 e. The number of morpholine rings is 1. The number of hydrogen-bond acceptors (Lipinski definition) is 5. The number of oxazole rings is 1. The Bertz CT molecular complexity index is 763. The molecule has 0 aliphatic carbocycles. The Morgan fingerprint density at radius 1 is 1.21 bits per heavy atom. The molecule has 1 aromatic carbocycles. The molecule has 2 amide bonds. The van der Waals surface area contributed by atoms with Gasteiger partial charge in [0.15, 0.2) is 12.1 Å². The number of hydrogen-bond donors (Lipinski definition) is 1. The number of nitrogens with zero attached hydrogens (tertiary/aromatic N) is 2. The van der Waals surface area contributed by atoms with Gasteiger partial charge in [0, 0.05) is 24.3 Å². The molecular weight excluding hydrogens is 310 g/mol. The molecule has 0 radical (unpaired) electrons. The van der Waals surface area contributed by atoms with Crippen LogP contribution in [0, 0.1) is 13.8 Å². The summed E-state index contributed by atoms with van der Waals surface area (Å²) in [6, 6.07) is 5.28. The van der Waals surface area contributed by atoms with Gasteiger partial charge in [-0.15, -0.1) is 0 Å². The van der Waals surface area contributed by atoms with E-state index >= 15 is 0 Å². The number of benzene rings is 1. The molecule has 2 aromatic rings. The van der Waals surface area contributed by atoms with Crippen molar-refractivity contribution < 1.29 is 18.7 Å². The monoisotopic (exact) mass is 329 g/mol. The first kappa shape index (κ1) is 16.2. The zero-order valence-electron chi connectivity index (χ0n) is 13.7. The van der Waals surface area contributed by atoms with Crippen molar-refractivity contribution in [3.8, 4) is 0 Å². The molecule has 1 aliphatic rings.